The van der Waals surface area contributed by atoms with Gasteiger partial charge in [-0.15, -0.1) is 0 Å². The van der Waals surface area contributed by atoms with Gasteiger partial charge in [0.05, 0.1) is 18.2 Å². The number of benzene rings is 1. The van der Waals surface area contributed by atoms with Gasteiger partial charge in [-0.25, -0.2) is 4.79 Å². The van der Waals surface area contributed by atoms with Crippen LogP contribution in [0.5, 0.6) is 5.75 Å². The summed E-state index contributed by atoms with van der Waals surface area (Å²) in [6.07, 6.45) is 3.24. The third-order valence-electron chi connectivity index (χ3n) is 8.91. The molecule has 0 heterocycles. The number of Topliss-reactive ketones (excluding diaryl/α,β-unsaturated/α-hetero) is 2. The van der Waals surface area contributed by atoms with Crippen molar-refractivity contribution in [2.24, 2.45) is 17.6 Å². The number of nitrogens with one attached hydrogen (secondary N) is 1. The summed E-state index contributed by atoms with van der Waals surface area (Å²) in [5.74, 6) is -7.14. The number of unbranched alkanes of at least 4 members (excludes halogenated alkanes) is 3. The molecule has 13 heteroatoms. The minimum absolute atomic E-state index is 0.00715. The zero-order chi connectivity index (χ0) is 32.7. The van der Waals surface area contributed by atoms with E-state index in [-0.39, 0.29) is 48.4 Å². The Morgan fingerprint density at radius 1 is 1.11 bits per heavy atom. The quantitative estimate of drug-likeness (QED) is 0.166. The van der Waals surface area contributed by atoms with Crippen LogP contribution in [-0.4, -0.2) is 95.3 Å². The number of anilines is 1. The molecule has 0 aromatic heterocycles. The molecule has 0 saturated heterocycles. The van der Waals surface area contributed by atoms with Crippen molar-refractivity contribution in [1.29, 1.82) is 0 Å². The van der Waals surface area contributed by atoms with Gasteiger partial charge in [-0.1, -0.05) is 26.2 Å². The van der Waals surface area contributed by atoms with E-state index in [9.17, 15) is 39.6 Å². The van der Waals surface area contributed by atoms with E-state index in [4.69, 9.17) is 10.5 Å². The van der Waals surface area contributed by atoms with Crippen molar-refractivity contribution in [3.63, 3.8) is 0 Å². The number of likely N-dealkylation sites (N-methyl/N-ethyl adjacent to an activating group) is 1. The van der Waals surface area contributed by atoms with E-state index < -0.39 is 64.1 Å². The molecule has 4 atom stereocenters. The van der Waals surface area contributed by atoms with Gasteiger partial charge in [-0.3, -0.25) is 19.3 Å². The first-order valence-electron chi connectivity index (χ1n) is 14.8. The maximum absolute atomic E-state index is 14.1. The Morgan fingerprint density at radius 3 is 2.39 bits per heavy atom. The highest BCUT2D eigenvalue weighted by Gasteiger charge is 2.64. The number of nitrogens with two attached hydrogens (primary N) is 1. The van der Waals surface area contributed by atoms with E-state index >= 15 is 0 Å². The largest absolute Gasteiger partial charge is 0.508 e. The number of rotatable bonds is 10. The van der Waals surface area contributed by atoms with Gasteiger partial charge in [-0.2, -0.15) is 0 Å². The monoisotopic (exact) mass is 614 g/mol. The van der Waals surface area contributed by atoms with Gasteiger partial charge >= 0.3 is 6.09 Å². The van der Waals surface area contributed by atoms with E-state index in [0.717, 1.165) is 25.7 Å². The smallest absolute Gasteiger partial charge is 0.407 e. The standard InChI is InChI=1S/C31H42N4O9/c1-6-7-8-9-10-44-30(42)33-14-16-13-19(34(2)3)17-11-15-12-18-23(35(4)5)26(38)22(29(32)41)28(40)31(18,43)27(39)20(15)25(37)21(17)24(16)36/h13,15,18,23,36-37,40,43H,6-12,14H2,1-5H3,(H2,32,41)(H,33,42)/t15?,18?,23-,31+/m1/s1. The molecular weight excluding hydrogens is 572 g/mol. The lowest BCUT2D eigenvalue weighted by molar-refractivity contribution is -0.153. The molecule has 1 fully saturated rings. The predicted octanol–water partition coefficient (Wildman–Crippen LogP) is 1.84. The average molecular weight is 615 g/mol. The van der Waals surface area contributed by atoms with E-state index in [2.05, 4.69) is 12.2 Å². The van der Waals surface area contributed by atoms with Crippen LogP contribution in [0, 0.1) is 11.8 Å². The summed E-state index contributed by atoms with van der Waals surface area (Å²) >= 11 is 0. The summed E-state index contributed by atoms with van der Waals surface area (Å²) in [5, 5.41) is 48.3. The van der Waals surface area contributed by atoms with Crippen LogP contribution in [0.2, 0.25) is 0 Å². The van der Waals surface area contributed by atoms with Crippen LogP contribution in [0.3, 0.4) is 0 Å². The fourth-order valence-electron chi connectivity index (χ4n) is 6.79. The number of primary amides is 1. The SMILES string of the molecule is CCCCCCOC(=O)NCc1cc(N(C)C)c2c(c1O)C(O)=C1C(=O)[C@]3(O)C(O)=C(C(N)=O)C(=O)[C@H](N(C)C)C3CC1C2. The number of ketones is 2. The van der Waals surface area contributed by atoms with E-state index in [1.165, 1.54) is 4.90 Å². The molecule has 7 N–H and O–H groups in total. The van der Waals surface area contributed by atoms with E-state index in [1.54, 1.807) is 39.2 Å². The molecule has 0 aliphatic heterocycles. The Hall–Kier alpha value is -4.10. The summed E-state index contributed by atoms with van der Waals surface area (Å²) < 4.78 is 5.21. The number of hydrogen-bond acceptors (Lipinski definition) is 11. The van der Waals surface area contributed by atoms with Crippen LogP contribution in [-0.2, 0) is 32.1 Å². The number of ether oxygens (including phenoxy) is 1. The number of aliphatic hydroxyl groups is 3. The molecule has 2 amide bonds. The molecule has 4 rings (SSSR count). The Balaban J connectivity index is 1.76. The molecule has 0 radical (unpaired) electrons. The second kappa shape index (κ2) is 12.5. The number of carbonyl (C=O) groups is 4. The number of nitrogens with zero attached hydrogens (tertiary/aromatic N) is 2. The summed E-state index contributed by atoms with van der Waals surface area (Å²) in [7, 11) is 6.64. The van der Waals surface area contributed by atoms with Crippen molar-refractivity contribution in [2.75, 3.05) is 39.7 Å². The van der Waals surface area contributed by atoms with E-state index in [1.807, 2.05) is 0 Å². The molecule has 1 aromatic carbocycles. The number of amides is 2. The van der Waals surface area contributed by atoms with Gasteiger partial charge in [-0.05, 0) is 50.9 Å². The molecule has 2 unspecified atom stereocenters. The molecule has 0 bridgehead atoms. The number of aliphatic hydroxyl groups excluding tert-OH is 2. The van der Waals surface area contributed by atoms with Crippen LogP contribution >= 0.6 is 0 Å². The van der Waals surface area contributed by atoms with Crippen molar-refractivity contribution in [1.82, 2.24) is 10.2 Å². The van der Waals surface area contributed by atoms with Crippen molar-refractivity contribution in [3.05, 3.63) is 39.7 Å². The maximum Gasteiger partial charge on any atom is 0.407 e. The third-order valence-corrected chi connectivity index (χ3v) is 8.91. The van der Waals surface area contributed by atoms with Gasteiger partial charge in [0.25, 0.3) is 5.91 Å². The number of aromatic hydroxyl groups is 1. The number of fused-ring (bicyclic) bond motifs is 3. The molecular formula is C31H42N4O9. The highest BCUT2D eigenvalue weighted by molar-refractivity contribution is 6.24. The second-order valence-corrected chi connectivity index (χ2v) is 12.2. The van der Waals surface area contributed by atoms with Gasteiger partial charge in [0.1, 0.15) is 22.8 Å². The highest BCUT2D eigenvalue weighted by Crippen LogP contribution is 2.54. The Morgan fingerprint density at radius 2 is 1.80 bits per heavy atom. The van der Waals surface area contributed by atoms with Crippen molar-refractivity contribution >= 4 is 35.0 Å². The number of carbonyl (C=O) groups excluding carboxylic acids is 4. The third kappa shape index (κ3) is 5.38. The van der Waals surface area contributed by atoms with E-state index in [0.29, 0.717) is 11.3 Å². The number of phenolic OH excluding ortho intramolecular Hbond substituents is 1. The first-order valence-corrected chi connectivity index (χ1v) is 14.8. The molecule has 3 aliphatic rings. The van der Waals surface area contributed by atoms with Crippen LogP contribution in [0.15, 0.2) is 23.0 Å². The average Bonchev–Trinajstić information content (AvgIpc) is 2.93. The first kappa shape index (κ1) is 32.8. The lowest BCUT2D eigenvalue weighted by Crippen LogP contribution is -2.65. The molecule has 44 heavy (non-hydrogen) atoms. The minimum atomic E-state index is -2.72. The molecule has 1 aromatic rings. The lowest BCUT2D eigenvalue weighted by Gasteiger charge is -2.50. The summed E-state index contributed by atoms with van der Waals surface area (Å²) in [5.41, 5.74) is 2.90. The number of hydrogen-bond donors (Lipinski definition) is 6. The summed E-state index contributed by atoms with van der Waals surface area (Å²) in [6, 6.07) is 0.518. The molecule has 1 saturated carbocycles. The van der Waals surface area contributed by atoms with Gasteiger partial charge in [0.2, 0.25) is 5.78 Å². The zero-order valence-corrected chi connectivity index (χ0v) is 25.8. The Kier molecular flexibility index (Phi) is 9.31. The molecule has 0 spiro atoms. The van der Waals surface area contributed by atoms with Gasteiger partial charge in [0.15, 0.2) is 11.4 Å². The van der Waals surface area contributed by atoms with Crippen molar-refractivity contribution in [2.45, 2.75) is 63.6 Å². The van der Waals surface area contributed by atoms with Crippen molar-refractivity contribution in [3.8, 4) is 5.75 Å². The maximum atomic E-state index is 14.1. The van der Waals surface area contributed by atoms with Crippen LogP contribution in [0.1, 0.15) is 55.7 Å². The lowest BCUT2D eigenvalue weighted by atomic mass is 9.57. The summed E-state index contributed by atoms with van der Waals surface area (Å²) in [6.45, 7) is 2.19. The normalized spacial score (nSPS) is 24.6. The fourth-order valence-corrected chi connectivity index (χ4v) is 6.79. The van der Waals surface area contributed by atoms with Crippen LogP contribution < -0.4 is 16.0 Å². The minimum Gasteiger partial charge on any atom is -0.508 e. The Bertz CT molecular complexity index is 1450. The first-order chi connectivity index (χ1) is 20.7. The van der Waals surface area contributed by atoms with Crippen LogP contribution in [0.4, 0.5) is 10.5 Å². The fraction of sp³-hybridized carbons (Fsp3) is 0.548. The van der Waals surface area contributed by atoms with Crippen LogP contribution in [0.25, 0.3) is 5.76 Å². The molecule has 240 valence electrons. The molecule has 3 aliphatic carbocycles. The van der Waals surface area contributed by atoms with Gasteiger partial charge in [0, 0.05) is 43.4 Å². The zero-order valence-electron chi connectivity index (χ0n) is 25.8. The second-order valence-electron chi connectivity index (χ2n) is 12.2. The number of alkyl carbamates (subject to hydrolysis) is 1. The predicted molar refractivity (Wildman–Crippen MR) is 161 cm³/mol. The highest BCUT2D eigenvalue weighted by atomic mass is 16.5. The van der Waals surface area contributed by atoms with Gasteiger partial charge < -0.3 is 41.1 Å². The summed E-state index contributed by atoms with van der Waals surface area (Å²) in [4.78, 5) is 55.0. The Labute approximate surface area is 256 Å². The topological polar surface area (TPSA) is 203 Å². The van der Waals surface area contributed by atoms with Crippen molar-refractivity contribution < 1.29 is 44.3 Å². The number of phenols is 1. The molecule has 13 nitrogen and oxygen atoms in total.